The van der Waals surface area contributed by atoms with Crippen molar-refractivity contribution in [3.05, 3.63) is 0 Å². The van der Waals surface area contributed by atoms with Crippen LogP contribution in [-0.2, 0) is 4.74 Å². The van der Waals surface area contributed by atoms with Crippen LogP contribution in [0.25, 0.3) is 0 Å². The summed E-state index contributed by atoms with van der Waals surface area (Å²) in [6.07, 6.45) is 8.93. The number of hydrogen-bond acceptors (Lipinski definition) is 1. The molecule has 0 atom stereocenters. The summed E-state index contributed by atoms with van der Waals surface area (Å²) < 4.78 is 6.38. The van der Waals surface area contributed by atoms with Gasteiger partial charge in [0, 0.05) is 6.61 Å². The van der Waals surface area contributed by atoms with Crippen LogP contribution in [0.3, 0.4) is 0 Å². The maximum Gasteiger partial charge on any atom is 0.0682 e. The quantitative estimate of drug-likeness (QED) is 0.705. The van der Waals surface area contributed by atoms with Crippen LogP contribution < -0.4 is 0 Å². The second kappa shape index (κ2) is 4.23. The topological polar surface area (TPSA) is 9.23 Å². The SMILES string of the molecule is CC(C)COC(C)(C)C12CC3CC(CC(C3)C1)C2. The van der Waals surface area contributed by atoms with Gasteiger partial charge in [0.1, 0.15) is 0 Å². The van der Waals surface area contributed by atoms with Gasteiger partial charge in [-0.25, -0.2) is 0 Å². The zero-order valence-electron chi connectivity index (χ0n) is 12.7. The highest BCUT2D eigenvalue weighted by atomic mass is 16.5. The van der Waals surface area contributed by atoms with Crippen molar-refractivity contribution in [1.82, 2.24) is 0 Å². The molecule has 0 aliphatic heterocycles. The monoisotopic (exact) mass is 250 g/mol. The molecule has 4 bridgehead atoms. The van der Waals surface area contributed by atoms with Crippen LogP contribution in [-0.4, -0.2) is 12.2 Å². The van der Waals surface area contributed by atoms with Gasteiger partial charge in [-0.05, 0) is 81.5 Å². The molecule has 0 N–H and O–H groups in total. The Kier molecular flexibility index (Phi) is 3.05. The van der Waals surface area contributed by atoms with Gasteiger partial charge in [-0.1, -0.05) is 13.8 Å². The van der Waals surface area contributed by atoms with Crippen LogP contribution in [0.1, 0.15) is 66.2 Å². The van der Waals surface area contributed by atoms with Crippen LogP contribution in [0.2, 0.25) is 0 Å². The molecule has 4 fully saturated rings. The molecule has 4 rings (SSSR count). The molecule has 0 aromatic rings. The van der Waals surface area contributed by atoms with Gasteiger partial charge in [0.15, 0.2) is 0 Å². The predicted molar refractivity (Wildman–Crippen MR) is 75.5 cm³/mol. The second-order valence-electron chi connectivity index (χ2n) is 8.41. The first-order chi connectivity index (χ1) is 8.40. The van der Waals surface area contributed by atoms with Crippen molar-refractivity contribution in [2.45, 2.75) is 71.8 Å². The average molecular weight is 250 g/mol. The average Bonchev–Trinajstić information content (AvgIpc) is 2.24. The molecule has 0 spiro atoms. The van der Waals surface area contributed by atoms with Crippen molar-refractivity contribution in [1.29, 1.82) is 0 Å². The van der Waals surface area contributed by atoms with Crippen LogP contribution in [0, 0.1) is 29.1 Å². The van der Waals surface area contributed by atoms with Gasteiger partial charge >= 0.3 is 0 Å². The lowest BCUT2D eigenvalue weighted by Gasteiger charge is -2.62. The molecule has 1 heteroatoms. The van der Waals surface area contributed by atoms with Crippen molar-refractivity contribution in [2.75, 3.05) is 6.61 Å². The van der Waals surface area contributed by atoms with E-state index in [1.807, 2.05) is 0 Å². The molecule has 0 aromatic heterocycles. The molecular formula is C17H30O. The fraction of sp³-hybridized carbons (Fsp3) is 1.00. The van der Waals surface area contributed by atoms with Crippen molar-refractivity contribution in [3.63, 3.8) is 0 Å². The lowest BCUT2D eigenvalue weighted by Crippen LogP contribution is -2.57. The fourth-order valence-corrected chi connectivity index (χ4v) is 5.38. The minimum Gasteiger partial charge on any atom is -0.375 e. The van der Waals surface area contributed by atoms with Gasteiger partial charge in [-0.2, -0.15) is 0 Å². The molecule has 4 aliphatic rings. The Labute approximate surface area is 113 Å². The zero-order valence-corrected chi connectivity index (χ0v) is 12.7. The molecule has 0 saturated heterocycles. The molecular weight excluding hydrogens is 220 g/mol. The Morgan fingerprint density at radius 3 is 1.83 bits per heavy atom. The highest BCUT2D eigenvalue weighted by molar-refractivity contribution is 5.08. The molecule has 18 heavy (non-hydrogen) atoms. The van der Waals surface area contributed by atoms with Gasteiger partial charge in [0.05, 0.1) is 5.60 Å². The van der Waals surface area contributed by atoms with Gasteiger partial charge in [-0.3, -0.25) is 0 Å². The third-order valence-electron chi connectivity index (χ3n) is 6.09. The van der Waals surface area contributed by atoms with Gasteiger partial charge < -0.3 is 4.74 Å². The Morgan fingerprint density at radius 2 is 1.44 bits per heavy atom. The Bertz CT molecular complexity index is 280. The maximum atomic E-state index is 6.38. The standard InChI is InChI=1S/C17H30O/c1-12(2)11-18-16(3,4)17-8-13-5-14(9-17)7-15(6-13)10-17/h12-15H,5-11H2,1-4H3. The number of rotatable bonds is 4. The van der Waals surface area contributed by atoms with Crippen molar-refractivity contribution in [3.8, 4) is 0 Å². The predicted octanol–water partition coefficient (Wildman–Crippen LogP) is 4.65. The van der Waals surface area contributed by atoms with Gasteiger partial charge in [0.25, 0.3) is 0 Å². The van der Waals surface area contributed by atoms with E-state index in [-0.39, 0.29) is 5.60 Å². The molecule has 104 valence electrons. The van der Waals surface area contributed by atoms with Crippen molar-refractivity contribution < 1.29 is 4.74 Å². The highest BCUT2D eigenvalue weighted by Gasteiger charge is 2.57. The second-order valence-corrected chi connectivity index (χ2v) is 8.41. The van der Waals surface area contributed by atoms with Crippen LogP contribution >= 0.6 is 0 Å². The van der Waals surface area contributed by atoms with Crippen molar-refractivity contribution in [2.24, 2.45) is 29.1 Å². The summed E-state index contributed by atoms with van der Waals surface area (Å²) in [4.78, 5) is 0. The molecule has 4 aliphatic carbocycles. The van der Waals surface area contributed by atoms with Crippen LogP contribution in [0.4, 0.5) is 0 Å². The zero-order chi connectivity index (χ0) is 13.0. The smallest absolute Gasteiger partial charge is 0.0682 e. The summed E-state index contributed by atoms with van der Waals surface area (Å²) in [7, 11) is 0. The maximum absolute atomic E-state index is 6.38. The summed E-state index contributed by atoms with van der Waals surface area (Å²) in [6.45, 7) is 10.2. The van der Waals surface area contributed by atoms with Gasteiger partial charge in [-0.15, -0.1) is 0 Å². The fourth-order valence-electron chi connectivity index (χ4n) is 5.38. The lowest BCUT2D eigenvalue weighted by atomic mass is 9.46. The van der Waals surface area contributed by atoms with E-state index < -0.39 is 0 Å². The Hall–Kier alpha value is -0.0400. The highest BCUT2D eigenvalue weighted by Crippen LogP contribution is 2.64. The minimum absolute atomic E-state index is 0.0906. The van der Waals surface area contributed by atoms with Crippen LogP contribution in [0.5, 0.6) is 0 Å². The number of hydrogen-bond donors (Lipinski definition) is 0. The van der Waals surface area contributed by atoms with E-state index >= 15 is 0 Å². The molecule has 0 aromatic carbocycles. The normalized spacial score (nSPS) is 42.8. The summed E-state index contributed by atoms with van der Waals surface area (Å²) in [6, 6.07) is 0. The minimum atomic E-state index is 0.0906. The molecule has 1 nitrogen and oxygen atoms in total. The third kappa shape index (κ3) is 2.03. The largest absolute Gasteiger partial charge is 0.375 e. The first kappa shape index (κ1) is 13.0. The Balaban J connectivity index is 1.77. The lowest BCUT2D eigenvalue weighted by molar-refractivity contribution is -0.191. The van der Waals surface area contributed by atoms with Gasteiger partial charge in [0.2, 0.25) is 0 Å². The summed E-state index contributed by atoms with van der Waals surface area (Å²) in [5, 5.41) is 0. The molecule has 0 unspecified atom stereocenters. The van der Waals surface area contributed by atoms with E-state index in [1.54, 1.807) is 0 Å². The molecule has 0 heterocycles. The van der Waals surface area contributed by atoms with Crippen LogP contribution in [0.15, 0.2) is 0 Å². The van der Waals surface area contributed by atoms with E-state index in [0.29, 0.717) is 11.3 Å². The first-order valence-corrected chi connectivity index (χ1v) is 8.04. The molecule has 4 saturated carbocycles. The van der Waals surface area contributed by atoms with Crippen molar-refractivity contribution >= 4 is 0 Å². The number of ether oxygens (including phenoxy) is 1. The summed E-state index contributed by atoms with van der Waals surface area (Å²) >= 11 is 0. The summed E-state index contributed by atoms with van der Waals surface area (Å²) in [5.74, 6) is 3.73. The molecule has 0 amide bonds. The molecule has 0 radical (unpaired) electrons. The van der Waals surface area contributed by atoms with E-state index in [2.05, 4.69) is 27.7 Å². The van der Waals surface area contributed by atoms with E-state index in [4.69, 9.17) is 4.74 Å². The van der Waals surface area contributed by atoms with E-state index in [0.717, 1.165) is 24.4 Å². The first-order valence-electron chi connectivity index (χ1n) is 8.04. The van der Waals surface area contributed by atoms with E-state index in [9.17, 15) is 0 Å². The summed E-state index contributed by atoms with van der Waals surface area (Å²) in [5.41, 5.74) is 0.601. The van der Waals surface area contributed by atoms with E-state index in [1.165, 1.54) is 38.5 Å². The Morgan fingerprint density at radius 1 is 1.00 bits per heavy atom. The third-order valence-corrected chi connectivity index (χ3v) is 6.09.